The molecule has 32 heavy (non-hydrogen) atoms. The molecule has 4 aromatic rings. The van der Waals surface area contributed by atoms with Gasteiger partial charge in [0.1, 0.15) is 29.5 Å². The van der Waals surface area contributed by atoms with E-state index in [0.29, 0.717) is 33.3 Å². The lowest BCUT2D eigenvalue weighted by atomic mass is 10.2. The van der Waals surface area contributed by atoms with Crippen LogP contribution in [0.3, 0.4) is 0 Å². The van der Waals surface area contributed by atoms with Gasteiger partial charge in [-0.1, -0.05) is 17.7 Å². The van der Waals surface area contributed by atoms with Crippen molar-refractivity contribution in [3.8, 4) is 22.2 Å². The van der Waals surface area contributed by atoms with E-state index in [-0.39, 0.29) is 16.5 Å². The molecule has 2 aromatic heterocycles. The summed E-state index contributed by atoms with van der Waals surface area (Å²) in [5.74, 6) is 0.455. The molecule has 0 unspecified atom stereocenters. The molecule has 7 nitrogen and oxygen atoms in total. The van der Waals surface area contributed by atoms with Crippen LogP contribution < -0.4 is 14.2 Å². The normalized spacial score (nSPS) is 10.9. The summed E-state index contributed by atoms with van der Waals surface area (Å²) in [5.41, 5.74) is 2.03. The van der Waals surface area contributed by atoms with E-state index in [4.69, 9.17) is 30.5 Å². The van der Waals surface area contributed by atoms with Crippen molar-refractivity contribution in [3.05, 3.63) is 64.0 Å². The molecule has 0 bridgehead atoms. The van der Waals surface area contributed by atoms with Crippen LogP contribution >= 0.6 is 22.9 Å². The highest BCUT2D eigenvalue weighted by atomic mass is 35.5. The zero-order valence-corrected chi connectivity index (χ0v) is 18.9. The Labute approximate surface area is 191 Å². The van der Waals surface area contributed by atoms with Crippen LogP contribution in [0.5, 0.6) is 17.2 Å². The van der Waals surface area contributed by atoms with E-state index in [2.05, 4.69) is 4.98 Å². The lowest BCUT2D eigenvalue weighted by Gasteiger charge is -2.08. The van der Waals surface area contributed by atoms with Crippen LogP contribution in [0.4, 0.5) is 4.39 Å². The van der Waals surface area contributed by atoms with Gasteiger partial charge in [0, 0.05) is 23.8 Å². The number of thiophene rings is 1. The van der Waals surface area contributed by atoms with E-state index in [1.165, 1.54) is 36.6 Å². The predicted octanol–water partition coefficient (Wildman–Crippen LogP) is 5.26. The summed E-state index contributed by atoms with van der Waals surface area (Å²) in [6, 6.07) is 9.33. The highest BCUT2D eigenvalue weighted by Gasteiger charge is 2.21. The maximum atomic E-state index is 13.3. The highest BCUT2D eigenvalue weighted by molar-refractivity contribution is 7.16. The topological polar surface area (TPSA) is 71.8 Å². The molecular formula is C22H18ClFN2O5S. The van der Waals surface area contributed by atoms with Gasteiger partial charge in [0.05, 0.1) is 37.4 Å². The average molecular weight is 477 g/mol. The molecule has 0 N–H and O–H groups in total. The Bertz CT molecular complexity index is 1300. The second kappa shape index (κ2) is 9.05. The van der Waals surface area contributed by atoms with Crippen LogP contribution in [0.15, 0.2) is 42.7 Å². The number of benzene rings is 2. The Morgan fingerprint density at radius 3 is 2.53 bits per heavy atom. The molecule has 0 aliphatic heterocycles. The Balaban J connectivity index is 1.72. The van der Waals surface area contributed by atoms with Crippen molar-refractivity contribution in [3.63, 3.8) is 0 Å². The number of aromatic nitrogens is 2. The van der Waals surface area contributed by atoms with Crippen molar-refractivity contribution in [2.24, 2.45) is 0 Å². The quantitative estimate of drug-likeness (QED) is 0.339. The standard InChI is InChI=1S/C22H18ClFN2O5S/c1-28-17-7-15-16(8-18(17)29-2)26(11-25-15)20-9-19(21(32-20)22(27)30-3)31-10-12-4-5-13(24)6-14(12)23/h4-9,11H,10H2,1-3H3. The molecule has 0 aliphatic carbocycles. The molecular weight excluding hydrogens is 459 g/mol. The van der Waals surface area contributed by atoms with Crippen molar-refractivity contribution < 1.29 is 28.1 Å². The lowest BCUT2D eigenvalue weighted by Crippen LogP contribution is -2.03. The van der Waals surface area contributed by atoms with E-state index in [9.17, 15) is 9.18 Å². The van der Waals surface area contributed by atoms with Gasteiger partial charge in [-0.05, 0) is 12.1 Å². The summed E-state index contributed by atoms with van der Waals surface area (Å²) in [6.45, 7) is 0.0506. The van der Waals surface area contributed by atoms with Gasteiger partial charge in [0.15, 0.2) is 16.4 Å². The molecule has 0 saturated carbocycles. The van der Waals surface area contributed by atoms with Gasteiger partial charge >= 0.3 is 5.97 Å². The number of halogens is 2. The fourth-order valence-corrected chi connectivity index (χ4v) is 4.35. The van der Waals surface area contributed by atoms with Crippen LogP contribution in [-0.2, 0) is 11.3 Å². The number of carbonyl (C=O) groups excluding carboxylic acids is 1. The monoisotopic (exact) mass is 476 g/mol. The Kier molecular flexibility index (Phi) is 6.20. The summed E-state index contributed by atoms with van der Waals surface area (Å²) in [7, 11) is 4.41. The third-order valence-electron chi connectivity index (χ3n) is 4.74. The third-order valence-corrected chi connectivity index (χ3v) is 6.19. The molecule has 4 rings (SSSR count). The van der Waals surface area contributed by atoms with Gasteiger partial charge in [-0.15, -0.1) is 11.3 Å². The minimum absolute atomic E-state index is 0.0506. The molecule has 0 aliphatic rings. The minimum Gasteiger partial charge on any atom is -0.493 e. The maximum Gasteiger partial charge on any atom is 0.351 e. The molecule has 2 aromatic carbocycles. The van der Waals surface area contributed by atoms with Gasteiger partial charge in [0.25, 0.3) is 0 Å². The number of imidazole rings is 1. The van der Waals surface area contributed by atoms with Gasteiger partial charge in [0.2, 0.25) is 0 Å². The molecule has 0 amide bonds. The Hall–Kier alpha value is -3.30. The zero-order valence-electron chi connectivity index (χ0n) is 17.3. The third kappa shape index (κ3) is 4.09. The first kappa shape index (κ1) is 21.9. The fraction of sp³-hybridized carbons (Fsp3) is 0.182. The highest BCUT2D eigenvalue weighted by Crippen LogP contribution is 2.37. The number of methoxy groups -OCH3 is 3. The van der Waals surface area contributed by atoms with Crippen LogP contribution in [0.25, 0.3) is 16.0 Å². The lowest BCUT2D eigenvalue weighted by molar-refractivity contribution is 0.0601. The predicted molar refractivity (Wildman–Crippen MR) is 119 cm³/mol. The van der Waals surface area contributed by atoms with Gasteiger partial charge in [-0.25, -0.2) is 14.2 Å². The average Bonchev–Trinajstić information content (AvgIpc) is 3.40. The smallest absolute Gasteiger partial charge is 0.351 e. The van der Waals surface area contributed by atoms with Crippen molar-refractivity contribution in [1.29, 1.82) is 0 Å². The van der Waals surface area contributed by atoms with Crippen molar-refractivity contribution >= 4 is 39.9 Å². The summed E-state index contributed by atoms with van der Waals surface area (Å²) >= 11 is 7.28. The molecule has 0 saturated heterocycles. The Morgan fingerprint density at radius 2 is 1.84 bits per heavy atom. The molecule has 0 fully saturated rings. The minimum atomic E-state index is -0.537. The molecule has 10 heteroatoms. The zero-order chi connectivity index (χ0) is 22.8. The summed E-state index contributed by atoms with van der Waals surface area (Å²) in [6.07, 6.45) is 1.64. The maximum absolute atomic E-state index is 13.3. The van der Waals surface area contributed by atoms with Crippen molar-refractivity contribution in [1.82, 2.24) is 9.55 Å². The Morgan fingerprint density at radius 1 is 1.09 bits per heavy atom. The fourth-order valence-electron chi connectivity index (χ4n) is 3.13. The van der Waals surface area contributed by atoms with E-state index < -0.39 is 11.8 Å². The number of hydrogen-bond acceptors (Lipinski definition) is 7. The summed E-state index contributed by atoms with van der Waals surface area (Å²) in [5, 5.41) is 0.919. The van der Waals surface area contributed by atoms with Crippen LogP contribution in [0.1, 0.15) is 15.2 Å². The number of nitrogens with zero attached hydrogens (tertiary/aromatic N) is 2. The van der Waals surface area contributed by atoms with Crippen LogP contribution in [0, 0.1) is 5.82 Å². The summed E-state index contributed by atoms with van der Waals surface area (Å²) in [4.78, 5) is 17.1. The molecule has 0 atom stereocenters. The van der Waals surface area contributed by atoms with Crippen molar-refractivity contribution in [2.45, 2.75) is 6.61 Å². The van der Waals surface area contributed by atoms with Crippen LogP contribution in [0.2, 0.25) is 5.02 Å². The molecule has 166 valence electrons. The first-order valence-electron chi connectivity index (χ1n) is 9.33. The number of fused-ring (bicyclic) bond motifs is 1. The first-order valence-corrected chi connectivity index (χ1v) is 10.5. The first-order chi connectivity index (χ1) is 15.4. The van der Waals surface area contributed by atoms with E-state index >= 15 is 0 Å². The van der Waals surface area contributed by atoms with Crippen LogP contribution in [-0.4, -0.2) is 36.8 Å². The second-order valence-corrected chi connectivity index (χ2v) is 8.04. The number of rotatable bonds is 7. The van der Waals surface area contributed by atoms with Gasteiger partial charge in [-0.2, -0.15) is 0 Å². The largest absolute Gasteiger partial charge is 0.493 e. The molecule has 0 radical (unpaired) electrons. The second-order valence-electron chi connectivity index (χ2n) is 6.60. The number of carbonyl (C=O) groups is 1. The van der Waals surface area contributed by atoms with E-state index in [0.717, 1.165) is 5.52 Å². The van der Waals surface area contributed by atoms with E-state index in [1.807, 2.05) is 4.57 Å². The molecule has 0 spiro atoms. The SMILES string of the molecule is COC(=O)c1sc(-n2cnc3cc(OC)c(OC)cc32)cc1OCc1ccc(F)cc1Cl. The van der Waals surface area contributed by atoms with Gasteiger partial charge in [-0.3, -0.25) is 4.57 Å². The number of esters is 1. The molecule has 2 heterocycles. The van der Waals surface area contributed by atoms with Gasteiger partial charge < -0.3 is 18.9 Å². The van der Waals surface area contributed by atoms with E-state index in [1.54, 1.807) is 38.7 Å². The van der Waals surface area contributed by atoms with Crippen molar-refractivity contribution in [2.75, 3.05) is 21.3 Å². The number of hydrogen-bond donors (Lipinski definition) is 0. The number of ether oxygens (including phenoxy) is 4. The summed E-state index contributed by atoms with van der Waals surface area (Å²) < 4.78 is 36.6.